The fourth-order valence-electron chi connectivity index (χ4n) is 1.04. The van der Waals surface area contributed by atoms with Crippen LogP contribution in [0.2, 0.25) is 9.49 Å². The Balaban J connectivity index is 2.36. The summed E-state index contributed by atoms with van der Waals surface area (Å²) in [5.41, 5.74) is 0. The van der Waals surface area contributed by atoms with Gasteiger partial charge in [0.2, 0.25) is 0 Å². The molecule has 0 saturated carbocycles. The van der Waals surface area contributed by atoms with Gasteiger partial charge in [0.25, 0.3) is 10.0 Å². The Hall–Kier alpha value is -0.410. The van der Waals surface area contributed by atoms with Crippen LogP contribution < -0.4 is 4.72 Å². The number of nitrogens with zero attached hydrogens (tertiary/aromatic N) is 2. The molecule has 1 N–H and O–H groups in total. The van der Waals surface area contributed by atoms with Gasteiger partial charge < -0.3 is 0 Å². The van der Waals surface area contributed by atoms with E-state index in [0.29, 0.717) is 4.34 Å². The number of thiophene rings is 1. The summed E-state index contributed by atoms with van der Waals surface area (Å²) in [6.45, 7) is 0. The zero-order valence-electron chi connectivity index (χ0n) is 8.39. The molecule has 5 nitrogen and oxygen atoms in total. The smallest absolute Gasteiger partial charge is 0.260 e. The average molecular weight is 389 g/mol. The van der Waals surface area contributed by atoms with Crippen molar-refractivity contribution in [3.05, 3.63) is 32.4 Å². The van der Waals surface area contributed by atoms with Gasteiger partial charge in [-0.2, -0.15) is 0 Å². The molecule has 96 valence electrons. The lowest BCUT2D eigenvalue weighted by molar-refractivity contribution is 0.603. The van der Waals surface area contributed by atoms with Gasteiger partial charge in [-0.15, -0.1) is 11.3 Å². The normalized spacial score (nSPS) is 11.5. The molecule has 0 aromatic carbocycles. The summed E-state index contributed by atoms with van der Waals surface area (Å²) in [5, 5.41) is 0.0834. The van der Waals surface area contributed by atoms with E-state index >= 15 is 0 Å². The van der Waals surface area contributed by atoms with Crippen molar-refractivity contribution < 1.29 is 8.42 Å². The maximum Gasteiger partial charge on any atom is 0.272 e. The van der Waals surface area contributed by atoms with Crippen LogP contribution in [0.4, 0.5) is 5.82 Å². The summed E-state index contributed by atoms with van der Waals surface area (Å²) < 4.78 is 27.0. The fraction of sp³-hybridized carbons (Fsp3) is 0. The van der Waals surface area contributed by atoms with Crippen LogP contribution in [-0.2, 0) is 10.0 Å². The first-order valence-electron chi connectivity index (χ1n) is 4.35. The molecule has 10 heteroatoms. The summed E-state index contributed by atoms with van der Waals surface area (Å²) in [6, 6.07) is 2.90. The van der Waals surface area contributed by atoms with Crippen LogP contribution in [0.3, 0.4) is 0 Å². The summed E-state index contributed by atoms with van der Waals surface area (Å²) in [5.74, 6) is 0.0204. The van der Waals surface area contributed by atoms with Gasteiger partial charge >= 0.3 is 0 Å². The number of hydrogen-bond donors (Lipinski definition) is 1. The molecule has 0 unspecified atom stereocenters. The fourth-order valence-corrected chi connectivity index (χ4v) is 4.08. The summed E-state index contributed by atoms with van der Waals surface area (Å²) in [6.07, 6.45) is 1.30. The second-order valence-corrected chi connectivity index (χ2v) is 7.76. The Labute approximate surface area is 125 Å². The minimum Gasteiger partial charge on any atom is -0.260 e. The Morgan fingerprint density at radius 1 is 1.33 bits per heavy atom. The van der Waals surface area contributed by atoms with Crippen LogP contribution in [0, 0.1) is 0 Å². The van der Waals surface area contributed by atoms with Crippen molar-refractivity contribution in [3.8, 4) is 0 Å². The van der Waals surface area contributed by atoms with Crippen molar-refractivity contribution in [2.45, 2.75) is 4.21 Å². The zero-order valence-corrected chi connectivity index (χ0v) is 13.1. The van der Waals surface area contributed by atoms with Crippen LogP contribution in [0.5, 0.6) is 0 Å². The highest BCUT2D eigenvalue weighted by Crippen LogP contribution is 2.28. The largest absolute Gasteiger partial charge is 0.272 e. The zero-order chi connectivity index (χ0) is 13.3. The lowest BCUT2D eigenvalue weighted by Crippen LogP contribution is -2.13. The summed E-state index contributed by atoms with van der Waals surface area (Å²) in [4.78, 5) is 7.66. The monoisotopic (exact) mass is 387 g/mol. The third-order valence-electron chi connectivity index (χ3n) is 1.74. The van der Waals surface area contributed by atoms with Crippen molar-refractivity contribution in [2.75, 3.05) is 4.72 Å². The molecule has 0 amide bonds. The lowest BCUT2D eigenvalue weighted by Gasteiger charge is -2.06. The highest BCUT2D eigenvalue weighted by atomic mass is 79.9. The molecule has 2 aromatic rings. The molecule has 0 aliphatic carbocycles. The van der Waals surface area contributed by atoms with E-state index in [1.54, 1.807) is 0 Å². The maximum atomic E-state index is 12.0. The Kier molecular flexibility index (Phi) is 4.12. The number of halogens is 3. The molecule has 0 atom stereocenters. The van der Waals surface area contributed by atoms with Gasteiger partial charge in [-0.05, 0) is 28.1 Å². The number of nitrogens with one attached hydrogen (secondary N) is 1. The first kappa shape index (κ1) is 14.0. The highest BCUT2D eigenvalue weighted by Gasteiger charge is 2.19. The predicted molar refractivity (Wildman–Crippen MR) is 74.9 cm³/mol. The second kappa shape index (κ2) is 5.30. The number of hydrogen-bond acceptors (Lipinski definition) is 5. The number of anilines is 1. The molecular formula is C8H4BrCl2N3O2S2. The maximum absolute atomic E-state index is 12.0. The molecule has 0 bridgehead atoms. The van der Waals surface area contributed by atoms with E-state index in [2.05, 4.69) is 30.6 Å². The standard InChI is InChI=1S/C8H4BrCl2N3O2S2/c9-7-8(13-4(10)3-12-7)14-18(15,16)6-2-1-5(11)17-6/h1-3H,(H,13,14). The van der Waals surface area contributed by atoms with Crippen LogP contribution >= 0.6 is 50.5 Å². The number of aromatic nitrogens is 2. The molecule has 0 spiro atoms. The number of sulfonamides is 1. The third kappa shape index (κ3) is 3.12. The quantitative estimate of drug-likeness (QED) is 0.874. The van der Waals surface area contributed by atoms with Gasteiger partial charge in [-0.25, -0.2) is 18.4 Å². The Bertz CT molecular complexity index is 689. The van der Waals surface area contributed by atoms with Gasteiger partial charge in [-0.1, -0.05) is 23.2 Å². The van der Waals surface area contributed by atoms with E-state index in [-0.39, 0.29) is 19.8 Å². The molecule has 2 rings (SSSR count). The third-order valence-corrected chi connectivity index (χ3v) is 5.57. The van der Waals surface area contributed by atoms with Crippen molar-refractivity contribution in [1.82, 2.24) is 9.97 Å². The second-order valence-electron chi connectivity index (χ2n) is 3.00. The first-order valence-corrected chi connectivity index (χ1v) is 8.19. The molecule has 18 heavy (non-hydrogen) atoms. The molecule has 0 saturated heterocycles. The van der Waals surface area contributed by atoms with Crippen molar-refractivity contribution in [3.63, 3.8) is 0 Å². The van der Waals surface area contributed by atoms with E-state index < -0.39 is 10.0 Å². The van der Waals surface area contributed by atoms with Crippen molar-refractivity contribution in [2.24, 2.45) is 0 Å². The lowest BCUT2D eigenvalue weighted by atomic mass is 10.7. The molecule has 0 aliphatic rings. The SMILES string of the molecule is O=S(=O)(Nc1nc(Cl)cnc1Br)c1ccc(Cl)s1. The van der Waals surface area contributed by atoms with Crippen LogP contribution in [0.15, 0.2) is 27.1 Å². The Morgan fingerprint density at radius 2 is 2.06 bits per heavy atom. The molecule has 2 aromatic heterocycles. The molecule has 0 aliphatic heterocycles. The van der Waals surface area contributed by atoms with E-state index in [4.69, 9.17) is 23.2 Å². The predicted octanol–water partition coefficient (Wildman–Crippen LogP) is 3.41. The van der Waals surface area contributed by atoms with E-state index in [0.717, 1.165) is 11.3 Å². The van der Waals surface area contributed by atoms with Gasteiger partial charge in [0.1, 0.15) is 14.0 Å². The average Bonchev–Trinajstić information content (AvgIpc) is 2.71. The van der Waals surface area contributed by atoms with E-state index in [9.17, 15) is 8.42 Å². The highest BCUT2D eigenvalue weighted by molar-refractivity contribution is 9.10. The summed E-state index contributed by atoms with van der Waals surface area (Å²) in [7, 11) is -3.74. The minimum atomic E-state index is -3.74. The number of rotatable bonds is 3. The van der Waals surface area contributed by atoms with E-state index in [1.807, 2.05) is 0 Å². The molecule has 0 radical (unpaired) electrons. The van der Waals surface area contributed by atoms with Gasteiger partial charge in [0.15, 0.2) is 5.82 Å². The molecule has 2 heterocycles. The Morgan fingerprint density at radius 3 is 2.67 bits per heavy atom. The summed E-state index contributed by atoms with van der Waals surface area (Å²) >= 11 is 15.4. The van der Waals surface area contributed by atoms with Gasteiger partial charge in [0, 0.05) is 0 Å². The first-order chi connectivity index (χ1) is 8.38. The van der Waals surface area contributed by atoms with Crippen LogP contribution in [-0.4, -0.2) is 18.4 Å². The molecular weight excluding hydrogens is 385 g/mol. The topological polar surface area (TPSA) is 72.0 Å². The van der Waals surface area contributed by atoms with Crippen molar-refractivity contribution >= 4 is 66.3 Å². The van der Waals surface area contributed by atoms with Crippen LogP contribution in [0.25, 0.3) is 0 Å². The van der Waals surface area contributed by atoms with Gasteiger partial charge in [-0.3, -0.25) is 4.72 Å². The molecule has 0 fully saturated rings. The minimum absolute atomic E-state index is 0.0204. The van der Waals surface area contributed by atoms with E-state index in [1.165, 1.54) is 18.3 Å². The van der Waals surface area contributed by atoms with Gasteiger partial charge in [0.05, 0.1) is 10.5 Å². The van der Waals surface area contributed by atoms with Crippen LogP contribution in [0.1, 0.15) is 0 Å². The van der Waals surface area contributed by atoms with Crippen molar-refractivity contribution in [1.29, 1.82) is 0 Å².